The molecular weight excluding hydrogens is 290 g/mol. The molecule has 1 unspecified atom stereocenters. The maximum absolute atomic E-state index is 11.9. The van der Waals surface area contributed by atoms with Crippen LogP contribution < -0.4 is 0 Å². The van der Waals surface area contributed by atoms with Gasteiger partial charge in [0.1, 0.15) is 0 Å². The van der Waals surface area contributed by atoms with Crippen molar-refractivity contribution in [3.63, 3.8) is 0 Å². The highest BCUT2D eigenvalue weighted by molar-refractivity contribution is 7.88. The monoisotopic (exact) mass is 307 g/mol. The maximum Gasteiger partial charge on any atom is 0.353 e. The van der Waals surface area contributed by atoms with Gasteiger partial charge >= 0.3 is 5.97 Å². The summed E-state index contributed by atoms with van der Waals surface area (Å²) in [5.41, 5.74) is 0. The number of hydroxylamine groups is 2. The van der Waals surface area contributed by atoms with Crippen molar-refractivity contribution in [1.82, 2.24) is 5.06 Å². The van der Waals surface area contributed by atoms with Gasteiger partial charge in [-0.25, -0.2) is 4.79 Å². The first kappa shape index (κ1) is 16.6. The Hall–Kier alpha value is -1.48. The van der Waals surface area contributed by atoms with Crippen LogP contribution in [-0.4, -0.2) is 43.6 Å². The average molecular weight is 307 g/mol. The number of rotatable bonds is 6. The molecule has 0 radical (unpaired) electrons. The summed E-state index contributed by atoms with van der Waals surface area (Å²) in [4.78, 5) is 39.2. The van der Waals surface area contributed by atoms with Crippen LogP contribution in [0.2, 0.25) is 0 Å². The van der Waals surface area contributed by atoms with Gasteiger partial charge in [0.2, 0.25) is 0 Å². The molecule has 0 aromatic rings. The molecule has 1 saturated heterocycles. The molecule has 20 heavy (non-hydrogen) atoms. The summed E-state index contributed by atoms with van der Waals surface area (Å²) >= 11 is 0. The number of imide groups is 1. The van der Waals surface area contributed by atoms with Crippen molar-refractivity contribution >= 4 is 27.9 Å². The van der Waals surface area contributed by atoms with Crippen LogP contribution in [0, 0.1) is 5.92 Å². The Balaban J connectivity index is 2.89. The van der Waals surface area contributed by atoms with E-state index in [-0.39, 0.29) is 25.2 Å². The van der Waals surface area contributed by atoms with Crippen molar-refractivity contribution in [2.75, 3.05) is 7.11 Å². The van der Waals surface area contributed by atoms with Crippen LogP contribution in [-0.2, 0) is 33.5 Å². The zero-order chi connectivity index (χ0) is 15.5. The van der Waals surface area contributed by atoms with Crippen molar-refractivity contribution in [3.05, 3.63) is 0 Å². The van der Waals surface area contributed by atoms with E-state index in [0.717, 1.165) is 7.11 Å². The van der Waals surface area contributed by atoms with Gasteiger partial charge in [-0.15, -0.1) is 5.06 Å². The highest BCUT2D eigenvalue weighted by Crippen LogP contribution is 2.19. The fraction of sp³-hybridized carbons (Fsp3) is 0.727. The minimum atomic E-state index is -4.16. The summed E-state index contributed by atoms with van der Waals surface area (Å²) in [5, 5.41) is -1.26. The minimum Gasteiger partial charge on any atom is -0.329 e. The van der Waals surface area contributed by atoms with E-state index in [2.05, 4.69) is 9.02 Å². The molecular formula is C11H17NO7S. The zero-order valence-corrected chi connectivity index (χ0v) is 12.3. The fourth-order valence-electron chi connectivity index (χ4n) is 1.68. The molecule has 0 N–H and O–H groups in total. The first-order valence-electron chi connectivity index (χ1n) is 6.06. The lowest BCUT2D eigenvalue weighted by atomic mass is 10.1. The van der Waals surface area contributed by atoms with Crippen molar-refractivity contribution in [1.29, 1.82) is 0 Å². The second kappa shape index (κ2) is 6.31. The smallest absolute Gasteiger partial charge is 0.329 e. The van der Waals surface area contributed by atoms with Crippen molar-refractivity contribution in [2.24, 2.45) is 5.92 Å². The van der Waals surface area contributed by atoms with Crippen LogP contribution in [0.25, 0.3) is 0 Å². The Bertz CT molecular complexity index is 495. The number of amides is 2. The molecule has 0 spiro atoms. The molecule has 1 fully saturated rings. The van der Waals surface area contributed by atoms with E-state index in [1.807, 2.05) is 0 Å². The third-order valence-corrected chi connectivity index (χ3v) is 4.26. The number of hydrogen-bond donors (Lipinski definition) is 0. The molecule has 1 heterocycles. The predicted octanol–water partition coefficient (Wildman–Crippen LogP) is -0.0155. The fourth-order valence-corrected chi connectivity index (χ4v) is 2.81. The SMILES string of the molecule is COS(=O)(=O)C(CC(C)C)C(=O)ON1C(=O)CCC1=O. The Labute approximate surface area is 117 Å². The van der Waals surface area contributed by atoms with Crippen LogP contribution in [0.3, 0.4) is 0 Å². The highest BCUT2D eigenvalue weighted by Gasteiger charge is 2.40. The Morgan fingerprint density at radius 3 is 2.15 bits per heavy atom. The lowest BCUT2D eigenvalue weighted by molar-refractivity contribution is -0.197. The molecule has 8 nitrogen and oxygen atoms in total. The van der Waals surface area contributed by atoms with Crippen molar-refractivity contribution in [3.8, 4) is 0 Å². The first-order chi connectivity index (χ1) is 9.19. The van der Waals surface area contributed by atoms with Gasteiger partial charge in [0.15, 0.2) is 5.25 Å². The average Bonchev–Trinajstić information content (AvgIpc) is 2.67. The Morgan fingerprint density at radius 2 is 1.75 bits per heavy atom. The van der Waals surface area contributed by atoms with Gasteiger partial charge in [0.25, 0.3) is 21.9 Å². The standard InChI is InChI=1S/C11H17NO7S/c1-7(2)6-8(20(16,17)18-3)11(15)19-12-9(13)4-5-10(12)14/h7-8H,4-6H2,1-3H3. The number of carbonyl (C=O) groups excluding carboxylic acids is 3. The molecule has 2 amide bonds. The van der Waals surface area contributed by atoms with Gasteiger partial charge in [-0.2, -0.15) is 8.42 Å². The lowest BCUT2D eigenvalue weighted by Crippen LogP contribution is -2.40. The zero-order valence-electron chi connectivity index (χ0n) is 11.5. The van der Waals surface area contributed by atoms with Crippen molar-refractivity contribution < 1.29 is 31.8 Å². The molecule has 0 aliphatic carbocycles. The summed E-state index contributed by atoms with van der Waals surface area (Å²) in [7, 11) is -3.22. The maximum atomic E-state index is 11.9. The molecule has 1 rings (SSSR count). The summed E-state index contributed by atoms with van der Waals surface area (Å²) in [5.74, 6) is -2.64. The molecule has 114 valence electrons. The second-order valence-electron chi connectivity index (χ2n) is 4.77. The third-order valence-electron chi connectivity index (χ3n) is 2.72. The summed E-state index contributed by atoms with van der Waals surface area (Å²) in [6.45, 7) is 3.44. The molecule has 1 aliphatic heterocycles. The lowest BCUT2D eigenvalue weighted by Gasteiger charge is -2.19. The molecule has 9 heteroatoms. The van der Waals surface area contributed by atoms with Crippen LogP contribution >= 0.6 is 0 Å². The van der Waals surface area contributed by atoms with Crippen LogP contribution in [0.15, 0.2) is 0 Å². The van der Waals surface area contributed by atoms with Gasteiger partial charge in [0, 0.05) is 12.8 Å². The van der Waals surface area contributed by atoms with E-state index in [4.69, 9.17) is 0 Å². The van der Waals surface area contributed by atoms with E-state index >= 15 is 0 Å². The van der Waals surface area contributed by atoms with Crippen LogP contribution in [0.1, 0.15) is 33.1 Å². The third kappa shape index (κ3) is 3.76. The van der Waals surface area contributed by atoms with E-state index in [0.29, 0.717) is 5.06 Å². The first-order valence-corrected chi connectivity index (χ1v) is 7.53. The Kier molecular flexibility index (Phi) is 5.23. The van der Waals surface area contributed by atoms with E-state index in [1.54, 1.807) is 13.8 Å². The van der Waals surface area contributed by atoms with Crippen LogP contribution in [0.5, 0.6) is 0 Å². The highest BCUT2D eigenvalue weighted by atomic mass is 32.2. The second-order valence-corrected chi connectivity index (χ2v) is 6.66. The molecule has 0 aromatic carbocycles. The minimum absolute atomic E-state index is 0.0365. The number of hydrogen-bond acceptors (Lipinski definition) is 7. The quantitative estimate of drug-likeness (QED) is 0.501. The topological polar surface area (TPSA) is 107 Å². The molecule has 0 saturated carbocycles. The largest absolute Gasteiger partial charge is 0.353 e. The normalized spacial score (nSPS) is 17.7. The van der Waals surface area contributed by atoms with Gasteiger partial charge in [-0.05, 0) is 12.3 Å². The number of carbonyl (C=O) groups is 3. The molecule has 0 bridgehead atoms. The van der Waals surface area contributed by atoms with Gasteiger partial charge in [-0.1, -0.05) is 13.8 Å². The molecule has 1 atom stereocenters. The van der Waals surface area contributed by atoms with E-state index in [9.17, 15) is 22.8 Å². The summed E-state index contributed by atoms with van der Waals surface area (Å²) in [6.07, 6.45) is -0.152. The number of nitrogens with zero attached hydrogens (tertiary/aromatic N) is 1. The van der Waals surface area contributed by atoms with Gasteiger partial charge in [0.05, 0.1) is 7.11 Å². The molecule has 1 aliphatic rings. The predicted molar refractivity (Wildman–Crippen MR) is 66.4 cm³/mol. The van der Waals surface area contributed by atoms with Gasteiger partial charge < -0.3 is 4.84 Å². The van der Waals surface area contributed by atoms with Crippen molar-refractivity contribution in [2.45, 2.75) is 38.4 Å². The Morgan fingerprint density at radius 1 is 1.25 bits per heavy atom. The molecule has 0 aromatic heterocycles. The summed E-state index contributed by atoms with van der Waals surface area (Å²) in [6, 6.07) is 0. The summed E-state index contributed by atoms with van der Waals surface area (Å²) < 4.78 is 27.7. The van der Waals surface area contributed by atoms with E-state index in [1.165, 1.54) is 0 Å². The van der Waals surface area contributed by atoms with E-state index < -0.39 is 33.2 Å². The van der Waals surface area contributed by atoms with Crippen LogP contribution in [0.4, 0.5) is 0 Å². The van der Waals surface area contributed by atoms with Gasteiger partial charge in [-0.3, -0.25) is 13.8 Å².